The molecule has 2 heterocycles. The lowest BCUT2D eigenvalue weighted by Crippen LogP contribution is -2.52. The van der Waals surface area contributed by atoms with E-state index in [0.717, 1.165) is 11.4 Å². The number of imide groups is 1. The highest BCUT2D eigenvalue weighted by atomic mass is 35.5. The molecule has 0 saturated carbocycles. The zero-order chi connectivity index (χ0) is 19.3. The van der Waals surface area contributed by atoms with Crippen molar-refractivity contribution in [2.75, 3.05) is 32.9 Å². The standard InChI is InChI=1S/C19H19N3O4S.ClH/c1-21(2)8-5-9-22-17(25)19(20-18(22)26)10-27-16-13(19)14(23)11-6-3-4-7-12(11)15(16)24;/h3-4,6-7H,5,8-10H2,1-2H3,(H,20,26);1H. The van der Waals surface area contributed by atoms with Gasteiger partial charge < -0.3 is 10.2 Å². The average molecular weight is 422 g/mol. The van der Waals surface area contributed by atoms with E-state index in [1.165, 1.54) is 11.8 Å². The van der Waals surface area contributed by atoms with E-state index >= 15 is 0 Å². The smallest absolute Gasteiger partial charge is 0.318 e. The number of allylic oxidation sites excluding steroid dienone is 1. The van der Waals surface area contributed by atoms with E-state index in [4.69, 9.17) is 0 Å². The van der Waals surface area contributed by atoms with Crippen LogP contribution in [0.4, 0.5) is 4.79 Å². The molecule has 148 valence electrons. The number of urea groups is 1. The number of halogens is 1. The van der Waals surface area contributed by atoms with Crippen molar-refractivity contribution in [2.24, 2.45) is 0 Å². The van der Waals surface area contributed by atoms with Gasteiger partial charge in [-0.05, 0) is 27.1 Å². The molecule has 2 aliphatic heterocycles. The minimum Gasteiger partial charge on any atom is -0.318 e. The Balaban J connectivity index is 0.00000225. The normalized spacial score (nSPS) is 23.3. The molecule has 1 N–H and O–H groups in total. The zero-order valence-electron chi connectivity index (χ0n) is 15.5. The fourth-order valence-electron chi connectivity index (χ4n) is 3.77. The van der Waals surface area contributed by atoms with Gasteiger partial charge in [-0.1, -0.05) is 24.3 Å². The van der Waals surface area contributed by atoms with E-state index in [1.807, 2.05) is 19.0 Å². The van der Waals surface area contributed by atoms with Crippen LogP contribution in [0.25, 0.3) is 0 Å². The van der Waals surface area contributed by atoms with Crippen molar-refractivity contribution in [3.63, 3.8) is 0 Å². The van der Waals surface area contributed by atoms with Crippen molar-refractivity contribution in [2.45, 2.75) is 12.0 Å². The Morgan fingerprint density at radius 2 is 1.75 bits per heavy atom. The minimum atomic E-state index is -1.44. The number of nitrogens with one attached hydrogen (secondary N) is 1. The Labute approximate surface area is 172 Å². The molecule has 1 unspecified atom stereocenters. The number of rotatable bonds is 4. The molecule has 28 heavy (non-hydrogen) atoms. The predicted octanol–water partition coefficient (Wildman–Crippen LogP) is 1.73. The highest BCUT2D eigenvalue weighted by Crippen LogP contribution is 2.47. The SMILES string of the molecule is CN(C)CCCN1C(=O)NC2(CSC3=C2C(=O)c2ccccc2C3=O)C1=O.Cl. The first-order valence-corrected chi connectivity index (χ1v) is 9.70. The number of hydrogen-bond donors (Lipinski definition) is 1. The number of hydrogen-bond acceptors (Lipinski definition) is 6. The molecule has 9 heteroatoms. The van der Waals surface area contributed by atoms with Gasteiger partial charge in [0.05, 0.1) is 10.5 Å². The lowest BCUT2D eigenvalue weighted by atomic mass is 9.79. The summed E-state index contributed by atoms with van der Waals surface area (Å²) in [5.74, 6) is -0.883. The van der Waals surface area contributed by atoms with Crippen molar-refractivity contribution < 1.29 is 19.2 Å². The molecule has 3 aliphatic rings. The van der Waals surface area contributed by atoms with Crippen LogP contribution in [-0.4, -0.2) is 71.8 Å². The summed E-state index contributed by atoms with van der Waals surface area (Å²) >= 11 is 1.17. The van der Waals surface area contributed by atoms with Crippen LogP contribution in [0.5, 0.6) is 0 Å². The second-order valence-corrected chi connectivity index (χ2v) is 8.13. The number of benzene rings is 1. The fourth-order valence-corrected chi connectivity index (χ4v) is 5.13. The minimum absolute atomic E-state index is 0. The summed E-state index contributed by atoms with van der Waals surface area (Å²) in [6.45, 7) is 1.01. The summed E-state index contributed by atoms with van der Waals surface area (Å²) in [5.41, 5.74) is -0.665. The van der Waals surface area contributed by atoms with E-state index in [2.05, 4.69) is 5.32 Å². The Morgan fingerprint density at radius 1 is 1.11 bits per heavy atom. The number of fused-ring (bicyclic) bond motifs is 2. The van der Waals surface area contributed by atoms with Crippen molar-refractivity contribution in [1.82, 2.24) is 15.1 Å². The maximum absolute atomic E-state index is 13.2. The van der Waals surface area contributed by atoms with Crippen molar-refractivity contribution in [1.29, 1.82) is 0 Å². The molecule has 0 radical (unpaired) electrons. The number of thioether (sulfide) groups is 1. The molecule has 7 nitrogen and oxygen atoms in total. The van der Waals surface area contributed by atoms with Gasteiger partial charge in [0.2, 0.25) is 5.78 Å². The van der Waals surface area contributed by atoms with Crippen molar-refractivity contribution in [3.05, 3.63) is 45.9 Å². The molecule has 1 atom stereocenters. The van der Waals surface area contributed by atoms with E-state index in [0.29, 0.717) is 12.0 Å². The second kappa shape index (κ2) is 7.35. The first-order valence-electron chi connectivity index (χ1n) is 8.71. The van der Waals surface area contributed by atoms with E-state index < -0.39 is 17.5 Å². The molecular weight excluding hydrogens is 402 g/mol. The van der Waals surface area contributed by atoms with Crippen LogP contribution >= 0.6 is 24.2 Å². The van der Waals surface area contributed by atoms with Gasteiger partial charge in [0.25, 0.3) is 5.91 Å². The monoisotopic (exact) mass is 421 g/mol. The third-order valence-corrected chi connectivity index (χ3v) is 6.35. The lowest BCUT2D eigenvalue weighted by Gasteiger charge is -2.25. The van der Waals surface area contributed by atoms with Crippen LogP contribution in [-0.2, 0) is 4.79 Å². The van der Waals surface area contributed by atoms with Gasteiger partial charge >= 0.3 is 6.03 Å². The first kappa shape index (κ1) is 20.6. The van der Waals surface area contributed by atoms with Crippen LogP contribution in [0.3, 0.4) is 0 Å². The van der Waals surface area contributed by atoms with Crippen LogP contribution in [0.1, 0.15) is 27.1 Å². The van der Waals surface area contributed by atoms with Gasteiger partial charge in [-0.15, -0.1) is 24.2 Å². The van der Waals surface area contributed by atoms with Gasteiger partial charge in [0, 0.05) is 23.4 Å². The maximum Gasteiger partial charge on any atom is 0.325 e. The van der Waals surface area contributed by atoms with Crippen LogP contribution in [0.2, 0.25) is 0 Å². The Hall–Kier alpha value is -2.16. The van der Waals surface area contributed by atoms with E-state index in [1.54, 1.807) is 24.3 Å². The van der Waals surface area contributed by atoms with Crippen molar-refractivity contribution in [3.8, 4) is 0 Å². The molecule has 1 spiro atoms. The topological polar surface area (TPSA) is 86.8 Å². The van der Waals surface area contributed by atoms with Gasteiger partial charge in [-0.3, -0.25) is 19.3 Å². The van der Waals surface area contributed by atoms with Crippen LogP contribution < -0.4 is 5.32 Å². The second-order valence-electron chi connectivity index (χ2n) is 7.15. The fraction of sp³-hybridized carbons (Fsp3) is 0.368. The Kier molecular flexibility index (Phi) is 5.40. The Morgan fingerprint density at radius 3 is 2.39 bits per heavy atom. The van der Waals surface area contributed by atoms with Gasteiger partial charge in [0.1, 0.15) is 0 Å². The van der Waals surface area contributed by atoms with Crippen LogP contribution in [0.15, 0.2) is 34.7 Å². The highest BCUT2D eigenvalue weighted by molar-refractivity contribution is 8.04. The summed E-state index contributed by atoms with van der Waals surface area (Å²) in [7, 11) is 3.84. The molecule has 3 amide bonds. The summed E-state index contributed by atoms with van der Waals surface area (Å²) in [4.78, 5) is 55.0. The first-order chi connectivity index (χ1) is 12.9. The highest BCUT2D eigenvalue weighted by Gasteiger charge is 2.60. The van der Waals surface area contributed by atoms with E-state index in [9.17, 15) is 19.2 Å². The van der Waals surface area contributed by atoms with Crippen molar-refractivity contribution >= 4 is 47.7 Å². The number of carbonyl (C=O) groups excluding carboxylic acids is 4. The quantitative estimate of drug-likeness (QED) is 0.745. The Bertz CT molecular complexity index is 930. The molecular formula is C19H20ClN3O4S. The van der Waals surface area contributed by atoms with Gasteiger partial charge in [-0.25, -0.2) is 4.79 Å². The molecule has 1 saturated heterocycles. The molecule has 1 aliphatic carbocycles. The lowest BCUT2D eigenvalue weighted by molar-refractivity contribution is -0.129. The van der Waals surface area contributed by atoms with Crippen LogP contribution in [0, 0.1) is 0 Å². The zero-order valence-corrected chi connectivity index (χ0v) is 17.1. The predicted molar refractivity (Wildman–Crippen MR) is 108 cm³/mol. The third-order valence-electron chi connectivity index (χ3n) is 5.10. The molecule has 1 fully saturated rings. The third kappa shape index (κ3) is 2.87. The summed E-state index contributed by atoms with van der Waals surface area (Å²) in [6.07, 6.45) is 0.636. The number of Topliss-reactive ketones (excluding diaryl/α,β-unsaturated/α-hetero) is 2. The van der Waals surface area contributed by atoms with Gasteiger partial charge in [-0.2, -0.15) is 0 Å². The van der Waals surface area contributed by atoms with Gasteiger partial charge in [0.15, 0.2) is 11.3 Å². The number of ketones is 2. The maximum atomic E-state index is 13.2. The molecule has 0 bridgehead atoms. The largest absolute Gasteiger partial charge is 0.325 e. The number of carbonyl (C=O) groups is 4. The molecule has 4 rings (SSSR count). The summed E-state index contributed by atoms with van der Waals surface area (Å²) in [5, 5.41) is 2.72. The molecule has 1 aromatic carbocycles. The number of amides is 3. The number of nitrogens with zero attached hydrogens (tertiary/aromatic N) is 2. The van der Waals surface area contributed by atoms with E-state index in [-0.39, 0.29) is 52.3 Å². The molecule has 0 aromatic heterocycles. The average Bonchev–Trinajstić information content (AvgIpc) is 3.13. The summed E-state index contributed by atoms with van der Waals surface area (Å²) < 4.78 is 0. The molecule has 1 aromatic rings. The summed E-state index contributed by atoms with van der Waals surface area (Å²) in [6, 6.07) is 6.10.